The van der Waals surface area contributed by atoms with E-state index < -0.39 is 9.84 Å². The maximum absolute atomic E-state index is 12.5. The van der Waals surface area contributed by atoms with Gasteiger partial charge in [-0.1, -0.05) is 39.0 Å². The van der Waals surface area contributed by atoms with Gasteiger partial charge >= 0.3 is 0 Å². The van der Waals surface area contributed by atoms with Crippen LogP contribution in [-0.2, 0) is 27.5 Å². The number of nitrogens with zero attached hydrogens (tertiary/aromatic N) is 1. The topological polar surface area (TPSA) is 66.5 Å². The van der Waals surface area contributed by atoms with Crippen LogP contribution in [-0.4, -0.2) is 49.9 Å². The standard InChI is InChI=1S/C19H30N2O3S/c1-4-15-8-7-9-16(5-2)19(15)20-18(22)10-12-21(6-3)17-11-13-25(23,24)14-17/h7-9,17H,4-6,10-14H2,1-3H3,(H,20,22). The first-order valence-corrected chi connectivity index (χ1v) is 11.1. The maximum atomic E-state index is 12.5. The van der Waals surface area contributed by atoms with Gasteiger partial charge in [0, 0.05) is 24.7 Å². The molecule has 2 rings (SSSR count). The molecule has 1 amide bonds. The Morgan fingerprint density at radius 1 is 1.20 bits per heavy atom. The Balaban J connectivity index is 1.96. The Bertz CT molecular complexity index is 678. The maximum Gasteiger partial charge on any atom is 0.225 e. The lowest BCUT2D eigenvalue weighted by atomic mass is 10.0. The molecule has 1 N–H and O–H groups in total. The molecule has 0 spiro atoms. The lowest BCUT2D eigenvalue weighted by Crippen LogP contribution is -2.38. The van der Waals surface area contributed by atoms with Crippen LogP contribution < -0.4 is 5.32 Å². The monoisotopic (exact) mass is 366 g/mol. The lowest BCUT2D eigenvalue weighted by Gasteiger charge is -2.26. The van der Waals surface area contributed by atoms with Crippen LogP contribution in [0.2, 0.25) is 0 Å². The fourth-order valence-electron chi connectivity index (χ4n) is 3.51. The minimum absolute atomic E-state index is 0.00472. The highest BCUT2D eigenvalue weighted by atomic mass is 32.2. The Morgan fingerprint density at radius 2 is 1.84 bits per heavy atom. The quantitative estimate of drug-likeness (QED) is 0.768. The number of sulfone groups is 1. The van der Waals surface area contributed by atoms with E-state index in [1.165, 1.54) is 0 Å². The zero-order valence-electron chi connectivity index (χ0n) is 15.5. The molecule has 1 saturated heterocycles. The van der Waals surface area contributed by atoms with E-state index in [2.05, 4.69) is 36.2 Å². The summed E-state index contributed by atoms with van der Waals surface area (Å²) in [6.45, 7) is 7.55. The van der Waals surface area contributed by atoms with Gasteiger partial charge in [-0.25, -0.2) is 8.42 Å². The Morgan fingerprint density at radius 3 is 2.32 bits per heavy atom. The van der Waals surface area contributed by atoms with Crippen molar-refractivity contribution >= 4 is 21.4 Å². The molecule has 25 heavy (non-hydrogen) atoms. The molecule has 6 heteroatoms. The number of benzene rings is 1. The van der Waals surface area contributed by atoms with Crippen molar-refractivity contribution in [1.82, 2.24) is 4.90 Å². The molecule has 0 saturated carbocycles. The molecule has 5 nitrogen and oxygen atoms in total. The summed E-state index contributed by atoms with van der Waals surface area (Å²) in [5.74, 6) is 0.487. The number of hydrogen-bond donors (Lipinski definition) is 1. The molecule has 1 fully saturated rings. The second-order valence-electron chi connectivity index (χ2n) is 6.64. The summed E-state index contributed by atoms with van der Waals surface area (Å²) < 4.78 is 23.4. The first kappa shape index (κ1) is 19.9. The van der Waals surface area contributed by atoms with Gasteiger partial charge in [-0.05, 0) is 36.9 Å². The molecule has 1 atom stereocenters. The number of aryl methyl sites for hydroxylation is 2. The van der Waals surface area contributed by atoms with Crippen molar-refractivity contribution in [3.8, 4) is 0 Å². The van der Waals surface area contributed by atoms with Crippen molar-refractivity contribution in [2.45, 2.75) is 52.5 Å². The fourth-order valence-corrected chi connectivity index (χ4v) is 5.27. The van der Waals surface area contributed by atoms with Crippen LogP contribution >= 0.6 is 0 Å². The number of amides is 1. The molecular weight excluding hydrogens is 336 g/mol. The van der Waals surface area contributed by atoms with Crippen LogP contribution in [0.4, 0.5) is 5.69 Å². The molecule has 1 aromatic rings. The summed E-state index contributed by atoms with van der Waals surface area (Å²) in [7, 11) is -2.90. The molecule has 1 heterocycles. The van der Waals surface area contributed by atoms with E-state index in [0.29, 0.717) is 19.4 Å². The summed E-state index contributed by atoms with van der Waals surface area (Å²) in [5.41, 5.74) is 3.26. The number of anilines is 1. The molecule has 140 valence electrons. The van der Waals surface area contributed by atoms with Crippen LogP contribution in [0, 0.1) is 0 Å². The van der Waals surface area contributed by atoms with Crippen molar-refractivity contribution in [2.24, 2.45) is 0 Å². The van der Waals surface area contributed by atoms with Gasteiger partial charge in [0.25, 0.3) is 0 Å². The van der Waals surface area contributed by atoms with E-state index in [0.717, 1.165) is 36.2 Å². The van der Waals surface area contributed by atoms with Gasteiger partial charge in [0.05, 0.1) is 11.5 Å². The van der Waals surface area contributed by atoms with Crippen LogP contribution in [0.5, 0.6) is 0 Å². The number of para-hydroxylation sites is 1. The summed E-state index contributed by atoms with van der Waals surface area (Å²) >= 11 is 0. The van der Waals surface area contributed by atoms with E-state index in [4.69, 9.17) is 0 Å². The van der Waals surface area contributed by atoms with E-state index >= 15 is 0 Å². The average molecular weight is 367 g/mol. The first-order valence-electron chi connectivity index (χ1n) is 9.25. The van der Waals surface area contributed by atoms with Crippen LogP contribution in [0.3, 0.4) is 0 Å². The predicted molar refractivity (Wildman–Crippen MR) is 103 cm³/mol. The van der Waals surface area contributed by atoms with E-state index in [-0.39, 0.29) is 23.5 Å². The normalized spacial score (nSPS) is 19.3. The highest BCUT2D eigenvalue weighted by Crippen LogP contribution is 2.23. The van der Waals surface area contributed by atoms with Crippen LogP contribution in [0.15, 0.2) is 18.2 Å². The number of hydrogen-bond acceptors (Lipinski definition) is 4. The fraction of sp³-hybridized carbons (Fsp3) is 0.632. The zero-order chi connectivity index (χ0) is 18.4. The summed E-state index contributed by atoms with van der Waals surface area (Å²) in [4.78, 5) is 14.6. The molecule has 0 bridgehead atoms. The third-order valence-corrected chi connectivity index (χ3v) is 6.77. The third kappa shape index (κ3) is 5.28. The summed E-state index contributed by atoms with van der Waals surface area (Å²) in [5, 5.41) is 3.08. The van der Waals surface area contributed by atoms with E-state index in [1.807, 2.05) is 13.0 Å². The molecule has 1 aliphatic rings. The van der Waals surface area contributed by atoms with Gasteiger partial charge in [0.15, 0.2) is 9.84 Å². The number of carbonyl (C=O) groups is 1. The molecule has 0 aliphatic carbocycles. The second-order valence-corrected chi connectivity index (χ2v) is 8.87. The smallest absolute Gasteiger partial charge is 0.225 e. The molecular formula is C19H30N2O3S. The van der Waals surface area contributed by atoms with Crippen molar-refractivity contribution in [3.63, 3.8) is 0 Å². The second kappa shape index (κ2) is 8.81. The molecule has 1 aliphatic heterocycles. The van der Waals surface area contributed by atoms with Gasteiger partial charge in [0.2, 0.25) is 5.91 Å². The van der Waals surface area contributed by atoms with Gasteiger partial charge in [-0.15, -0.1) is 0 Å². The summed E-state index contributed by atoms with van der Waals surface area (Å²) in [6, 6.07) is 6.19. The third-order valence-electron chi connectivity index (χ3n) is 5.02. The van der Waals surface area contributed by atoms with E-state index in [1.54, 1.807) is 0 Å². The molecule has 0 radical (unpaired) electrons. The highest BCUT2D eigenvalue weighted by molar-refractivity contribution is 7.91. The zero-order valence-corrected chi connectivity index (χ0v) is 16.4. The minimum atomic E-state index is -2.90. The number of carbonyl (C=O) groups excluding carboxylic acids is 1. The molecule has 0 aromatic heterocycles. The Kier molecular flexibility index (Phi) is 7.02. The number of rotatable bonds is 8. The van der Waals surface area contributed by atoms with Crippen molar-refractivity contribution in [3.05, 3.63) is 29.3 Å². The van der Waals surface area contributed by atoms with Crippen molar-refractivity contribution in [2.75, 3.05) is 29.9 Å². The Labute approximate surface area is 151 Å². The summed E-state index contributed by atoms with van der Waals surface area (Å²) in [6.07, 6.45) is 2.82. The van der Waals surface area contributed by atoms with Gasteiger partial charge in [-0.2, -0.15) is 0 Å². The molecule has 1 unspecified atom stereocenters. The minimum Gasteiger partial charge on any atom is -0.326 e. The van der Waals surface area contributed by atoms with Crippen LogP contribution in [0.1, 0.15) is 44.7 Å². The van der Waals surface area contributed by atoms with Gasteiger partial charge in [-0.3, -0.25) is 9.69 Å². The van der Waals surface area contributed by atoms with E-state index in [9.17, 15) is 13.2 Å². The van der Waals surface area contributed by atoms with Crippen LogP contribution in [0.25, 0.3) is 0 Å². The lowest BCUT2D eigenvalue weighted by molar-refractivity contribution is -0.116. The van der Waals surface area contributed by atoms with Gasteiger partial charge in [0.1, 0.15) is 0 Å². The van der Waals surface area contributed by atoms with Gasteiger partial charge < -0.3 is 5.32 Å². The van der Waals surface area contributed by atoms with Crippen molar-refractivity contribution < 1.29 is 13.2 Å². The predicted octanol–water partition coefficient (Wildman–Crippen LogP) is 2.65. The highest BCUT2D eigenvalue weighted by Gasteiger charge is 2.31. The average Bonchev–Trinajstić information content (AvgIpc) is 2.95. The largest absolute Gasteiger partial charge is 0.326 e. The number of nitrogens with one attached hydrogen (secondary N) is 1. The SMILES string of the molecule is CCc1cccc(CC)c1NC(=O)CCN(CC)C1CCS(=O)(=O)C1. The molecule has 1 aromatic carbocycles. The van der Waals surface area contributed by atoms with Crippen molar-refractivity contribution in [1.29, 1.82) is 0 Å². The Hall–Kier alpha value is -1.40. The first-order chi connectivity index (χ1) is 11.9.